The summed E-state index contributed by atoms with van der Waals surface area (Å²) in [7, 11) is 0. The Morgan fingerprint density at radius 1 is 1.12 bits per heavy atom. The Morgan fingerprint density at radius 2 is 1.80 bits per heavy atom. The molecule has 3 rings (SSSR count). The topological polar surface area (TPSA) is 41.6 Å². The van der Waals surface area contributed by atoms with Crippen molar-refractivity contribution >= 4 is 5.91 Å². The minimum absolute atomic E-state index is 0.0555. The molecule has 0 unspecified atom stereocenters. The summed E-state index contributed by atoms with van der Waals surface area (Å²) in [5.74, 6) is -0.183. The van der Waals surface area contributed by atoms with Gasteiger partial charge in [0.2, 0.25) is 5.91 Å². The Hall–Kier alpha value is -1.60. The molecule has 0 aliphatic carbocycles. The molecule has 7 heteroatoms. The molecule has 2 aliphatic heterocycles. The van der Waals surface area contributed by atoms with Crippen molar-refractivity contribution in [3.05, 3.63) is 35.4 Å². The van der Waals surface area contributed by atoms with Crippen molar-refractivity contribution in [3.63, 3.8) is 0 Å². The molecule has 0 saturated carbocycles. The van der Waals surface area contributed by atoms with Gasteiger partial charge in [0.1, 0.15) is 0 Å². The van der Waals surface area contributed by atoms with E-state index in [4.69, 9.17) is 4.74 Å². The maximum atomic E-state index is 12.6. The van der Waals surface area contributed by atoms with E-state index in [-0.39, 0.29) is 24.4 Å². The van der Waals surface area contributed by atoms with Crippen molar-refractivity contribution in [1.29, 1.82) is 0 Å². The number of likely N-dealkylation sites (tertiary alicyclic amines) is 1. The lowest BCUT2D eigenvalue weighted by Crippen LogP contribution is -2.52. The van der Waals surface area contributed by atoms with Crippen molar-refractivity contribution in [1.82, 2.24) is 10.2 Å². The van der Waals surface area contributed by atoms with Crippen molar-refractivity contribution < 1.29 is 22.7 Å². The van der Waals surface area contributed by atoms with Crippen LogP contribution < -0.4 is 5.32 Å². The maximum Gasteiger partial charge on any atom is 0.416 e. The van der Waals surface area contributed by atoms with Crippen molar-refractivity contribution in [2.24, 2.45) is 0 Å². The lowest BCUT2D eigenvalue weighted by atomic mass is 10.0. The minimum Gasteiger partial charge on any atom is -0.378 e. The monoisotopic (exact) mass is 356 g/mol. The van der Waals surface area contributed by atoms with Crippen LogP contribution in [-0.4, -0.2) is 49.2 Å². The first-order valence-corrected chi connectivity index (χ1v) is 8.71. The van der Waals surface area contributed by atoms with Crippen LogP contribution >= 0.6 is 0 Å². The van der Waals surface area contributed by atoms with E-state index in [1.54, 1.807) is 0 Å². The summed E-state index contributed by atoms with van der Waals surface area (Å²) in [5, 5.41) is 2.99. The van der Waals surface area contributed by atoms with Crippen molar-refractivity contribution in [2.75, 3.05) is 26.3 Å². The number of nitrogens with zero attached hydrogens (tertiary/aromatic N) is 1. The smallest absolute Gasteiger partial charge is 0.378 e. The molecular formula is C18H23F3N2O2. The molecule has 0 radical (unpaired) electrons. The number of carbonyl (C=O) groups excluding carboxylic acids is 1. The lowest BCUT2D eigenvalue weighted by Gasteiger charge is -2.34. The van der Waals surface area contributed by atoms with Crippen LogP contribution in [0, 0.1) is 0 Å². The first-order valence-electron chi connectivity index (χ1n) is 8.71. The summed E-state index contributed by atoms with van der Waals surface area (Å²) >= 11 is 0. The number of benzene rings is 1. The molecule has 1 aromatic carbocycles. The quantitative estimate of drug-likeness (QED) is 0.902. The number of hydrogen-bond donors (Lipinski definition) is 1. The van der Waals surface area contributed by atoms with Gasteiger partial charge in [-0.2, -0.15) is 13.2 Å². The third-order valence-electron chi connectivity index (χ3n) is 4.90. The maximum absolute atomic E-state index is 12.6. The van der Waals surface area contributed by atoms with E-state index in [0.29, 0.717) is 18.8 Å². The van der Waals surface area contributed by atoms with E-state index in [1.807, 2.05) is 0 Å². The Labute approximate surface area is 145 Å². The number of alkyl halides is 3. The first-order chi connectivity index (χ1) is 11.9. The van der Waals surface area contributed by atoms with Gasteiger partial charge in [-0.25, -0.2) is 0 Å². The van der Waals surface area contributed by atoms with Crippen molar-refractivity contribution in [3.8, 4) is 0 Å². The van der Waals surface area contributed by atoms with E-state index in [9.17, 15) is 18.0 Å². The molecule has 138 valence electrons. The van der Waals surface area contributed by atoms with Crippen LogP contribution in [0.2, 0.25) is 0 Å². The van der Waals surface area contributed by atoms with Gasteiger partial charge in [-0.3, -0.25) is 9.69 Å². The van der Waals surface area contributed by atoms with E-state index >= 15 is 0 Å². The van der Waals surface area contributed by atoms with Gasteiger partial charge >= 0.3 is 6.18 Å². The number of halogens is 3. The van der Waals surface area contributed by atoms with Crippen LogP contribution in [0.3, 0.4) is 0 Å². The third kappa shape index (κ3) is 4.73. The van der Waals surface area contributed by atoms with Gasteiger partial charge in [-0.15, -0.1) is 0 Å². The second-order valence-electron chi connectivity index (χ2n) is 6.75. The highest BCUT2D eigenvalue weighted by Gasteiger charge is 2.34. The zero-order valence-corrected chi connectivity index (χ0v) is 14.0. The molecule has 0 bridgehead atoms. The van der Waals surface area contributed by atoms with Gasteiger partial charge in [0.05, 0.1) is 37.3 Å². The predicted octanol–water partition coefficient (Wildman–Crippen LogP) is 2.62. The second-order valence-corrected chi connectivity index (χ2v) is 6.75. The molecule has 2 atom stereocenters. The van der Waals surface area contributed by atoms with E-state index in [1.165, 1.54) is 31.4 Å². The summed E-state index contributed by atoms with van der Waals surface area (Å²) in [6.07, 6.45) is -0.703. The van der Waals surface area contributed by atoms with Crippen LogP contribution in [0.1, 0.15) is 30.4 Å². The van der Waals surface area contributed by atoms with E-state index in [2.05, 4.69) is 10.2 Å². The fourth-order valence-corrected chi connectivity index (χ4v) is 3.55. The van der Waals surface area contributed by atoms with Crippen LogP contribution in [0.4, 0.5) is 13.2 Å². The number of amides is 1. The molecular weight excluding hydrogens is 333 g/mol. The molecule has 25 heavy (non-hydrogen) atoms. The largest absolute Gasteiger partial charge is 0.416 e. The Balaban J connectivity index is 1.54. The average molecular weight is 356 g/mol. The van der Waals surface area contributed by atoms with Gasteiger partial charge in [0.25, 0.3) is 0 Å². The first kappa shape index (κ1) is 18.2. The van der Waals surface area contributed by atoms with E-state index < -0.39 is 11.7 Å². The van der Waals surface area contributed by atoms with Gasteiger partial charge in [-0.05, 0) is 43.6 Å². The lowest BCUT2D eigenvalue weighted by molar-refractivity contribution is -0.137. The van der Waals surface area contributed by atoms with Gasteiger partial charge in [0, 0.05) is 0 Å². The minimum atomic E-state index is -4.36. The zero-order valence-electron chi connectivity index (χ0n) is 14.0. The zero-order chi connectivity index (χ0) is 17.9. The Kier molecular flexibility index (Phi) is 5.64. The Bertz CT molecular complexity index is 583. The van der Waals surface area contributed by atoms with Gasteiger partial charge in [0.15, 0.2) is 0 Å². The van der Waals surface area contributed by atoms with Crippen LogP contribution in [0.15, 0.2) is 24.3 Å². The molecule has 0 aromatic heterocycles. The highest BCUT2D eigenvalue weighted by Crippen LogP contribution is 2.29. The van der Waals surface area contributed by atoms with Crippen molar-refractivity contribution in [2.45, 2.75) is 43.9 Å². The van der Waals surface area contributed by atoms with Crippen LogP contribution in [0.5, 0.6) is 0 Å². The SMILES string of the molecule is O=C(Cc1ccc(C(F)(F)F)cc1)N[C@@H]1COC[C@H]1N1CCCCC1. The summed E-state index contributed by atoms with van der Waals surface area (Å²) in [6, 6.07) is 4.87. The van der Waals surface area contributed by atoms with Gasteiger partial charge < -0.3 is 10.1 Å². The van der Waals surface area contributed by atoms with Crippen LogP contribution in [0.25, 0.3) is 0 Å². The molecule has 2 aliphatic rings. The standard InChI is InChI=1S/C18H23F3N2O2/c19-18(20,21)14-6-4-13(5-7-14)10-17(24)22-15-11-25-12-16(15)23-8-2-1-3-9-23/h4-7,15-16H,1-3,8-12H2,(H,22,24)/t15-,16-/m1/s1. The normalized spacial score (nSPS) is 25.1. The molecule has 2 heterocycles. The number of piperidine rings is 1. The number of ether oxygens (including phenoxy) is 1. The number of rotatable bonds is 4. The number of carbonyl (C=O) groups is 1. The number of hydrogen-bond acceptors (Lipinski definition) is 3. The van der Waals surface area contributed by atoms with Crippen LogP contribution in [-0.2, 0) is 22.1 Å². The molecule has 2 saturated heterocycles. The molecule has 1 N–H and O–H groups in total. The highest BCUT2D eigenvalue weighted by molar-refractivity contribution is 5.79. The molecule has 4 nitrogen and oxygen atoms in total. The summed E-state index contributed by atoms with van der Waals surface area (Å²) in [5.41, 5.74) is -0.134. The highest BCUT2D eigenvalue weighted by atomic mass is 19.4. The molecule has 2 fully saturated rings. The molecule has 0 spiro atoms. The Morgan fingerprint density at radius 3 is 2.44 bits per heavy atom. The summed E-state index contributed by atoms with van der Waals surface area (Å²) < 4.78 is 43.3. The fraction of sp³-hybridized carbons (Fsp3) is 0.611. The molecule has 1 amide bonds. The van der Waals surface area contributed by atoms with Gasteiger partial charge in [-0.1, -0.05) is 18.6 Å². The average Bonchev–Trinajstić information content (AvgIpc) is 3.03. The summed E-state index contributed by atoms with van der Waals surface area (Å²) in [6.45, 7) is 3.16. The number of nitrogens with one attached hydrogen (secondary N) is 1. The molecule has 1 aromatic rings. The second kappa shape index (κ2) is 7.74. The van der Waals surface area contributed by atoms with E-state index in [0.717, 1.165) is 25.2 Å². The summed E-state index contributed by atoms with van der Waals surface area (Å²) in [4.78, 5) is 14.6. The third-order valence-corrected chi connectivity index (χ3v) is 4.90. The fourth-order valence-electron chi connectivity index (χ4n) is 3.55. The predicted molar refractivity (Wildman–Crippen MR) is 87.1 cm³/mol.